The minimum atomic E-state index is -0.248. The largest absolute Gasteiger partial charge is 0.283 e. The van der Waals surface area contributed by atoms with Crippen molar-refractivity contribution < 1.29 is 0 Å². The van der Waals surface area contributed by atoms with E-state index in [2.05, 4.69) is 12.6 Å². The normalized spacial score (nSPS) is 10.9. The molecule has 3 nitrogen and oxygen atoms in total. The van der Waals surface area contributed by atoms with Crippen LogP contribution >= 0.6 is 23.2 Å². The number of nitrogens with zero attached hydrogens (tertiary/aromatic N) is 2. The van der Waals surface area contributed by atoms with Gasteiger partial charge in [-0.05, 0) is 55.0 Å². The van der Waals surface area contributed by atoms with Crippen LogP contribution in [0, 0.1) is 11.3 Å². The van der Waals surface area contributed by atoms with Gasteiger partial charge in [-0.2, -0.15) is 5.26 Å². The summed E-state index contributed by atoms with van der Waals surface area (Å²) in [5.74, 6) is 0. The zero-order valence-corrected chi connectivity index (χ0v) is 19.8. The standard InChI is InChI=1S/C25H18Cl2N2O.C2H6/c1-3-5-9-22(4-2)29-16-19(23-10-7-6-8-17(23)15-28)13-24(25(29)30)18-11-20(26)14-21(27)12-18;1-2/h3-14,16H,2H2,1H3;1-2H3/b5-3-,22-9+;. The first kappa shape index (κ1) is 24.9. The van der Waals surface area contributed by atoms with Gasteiger partial charge in [0.05, 0.1) is 11.6 Å². The zero-order chi connectivity index (χ0) is 23.7. The molecule has 0 aliphatic carbocycles. The maximum atomic E-state index is 13.4. The Bertz CT molecular complexity index is 1260. The summed E-state index contributed by atoms with van der Waals surface area (Å²) < 4.78 is 1.51. The van der Waals surface area contributed by atoms with Crippen LogP contribution in [0.1, 0.15) is 26.3 Å². The fourth-order valence-corrected chi connectivity index (χ4v) is 3.64. The first-order valence-electron chi connectivity index (χ1n) is 10.2. The quantitative estimate of drug-likeness (QED) is 0.360. The van der Waals surface area contributed by atoms with Crippen LogP contribution < -0.4 is 5.56 Å². The summed E-state index contributed by atoms with van der Waals surface area (Å²) in [7, 11) is 0. The van der Waals surface area contributed by atoms with Crippen molar-refractivity contribution in [2.75, 3.05) is 0 Å². The highest BCUT2D eigenvalue weighted by Gasteiger charge is 2.14. The summed E-state index contributed by atoms with van der Waals surface area (Å²) >= 11 is 12.4. The van der Waals surface area contributed by atoms with Crippen LogP contribution in [-0.4, -0.2) is 4.57 Å². The molecular weight excluding hydrogens is 439 g/mol. The molecule has 5 heteroatoms. The summed E-state index contributed by atoms with van der Waals surface area (Å²) in [4.78, 5) is 13.4. The van der Waals surface area contributed by atoms with Crippen molar-refractivity contribution in [1.29, 1.82) is 5.26 Å². The maximum absolute atomic E-state index is 13.4. The summed E-state index contributed by atoms with van der Waals surface area (Å²) in [5.41, 5.74) is 3.31. The Morgan fingerprint density at radius 2 is 1.69 bits per heavy atom. The number of allylic oxidation sites excluding steroid dienone is 5. The molecule has 0 atom stereocenters. The Morgan fingerprint density at radius 1 is 1.03 bits per heavy atom. The maximum Gasteiger partial charge on any atom is 0.262 e. The molecule has 0 aliphatic rings. The molecule has 162 valence electrons. The van der Waals surface area contributed by atoms with Crippen LogP contribution in [0.5, 0.6) is 0 Å². The van der Waals surface area contributed by atoms with E-state index >= 15 is 0 Å². The monoisotopic (exact) mass is 462 g/mol. The molecule has 2 aromatic carbocycles. The zero-order valence-electron chi connectivity index (χ0n) is 18.3. The lowest BCUT2D eigenvalue weighted by atomic mass is 9.98. The second kappa shape index (κ2) is 11.9. The first-order valence-corrected chi connectivity index (χ1v) is 10.9. The van der Waals surface area contributed by atoms with Crippen molar-refractivity contribution in [2.45, 2.75) is 20.8 Å². The van der Waals surface area contributed by atoms with Gasteiger partial charge in [0.1, 0.15) is 0 Å². The van der Waals surface area contributed by atoms with Crippen molar-refractivity contribution in [1.82, 2.24) is 4.57 Å². The van der Waals surface area contributed by atoms with Crippen molar-refractivity contribution in [2.24, 2.45) is 0 Å². The number of benzene rings is 2. The number of rotatable bonds is 5. The molecule has 1 heterocycles. The molecule has 3 rings (SSSR count). The van der Waals surface area contributed by atoms with Gasteiger partial charge in [0.2, 0.25) is 0 Å². The Kier molecular flexibility index (Phi) is 9.28. The van der Waals surface area contributed by atoms with Gasteiger partial charge in [-0.1, -0.05) is 74.0 Å². The van der Waals surface area contributed by atoms with Crippen LogP contribution in [0.25, 0.3) is 28.0 Å². The lowest BCUT2D eigenvalue weighted by Crippen LogP contribution is -2.20. The van der Waals surface area contributed by atoms with Gasteiger partial charge in [0, 0.05) is 38.6 Å². The molecule has 0 fully saturated rings. The third kappa shape index (κ3) is 5.68. The SMILES string of the molecule is C=C/C(=C\C=C/C)n1cc(-c2ccccc2C#N)cc(-c2cc(Cl)cc(Cl)c2)c1=O.CC. The van der Waals surface area contributed by atoms with Gasteiger partial charge in [0.25, 0.3) is 5.56 Å². The average molecular weight is 463 g/mol. The second-order valence-electron chi connectivity index (χ2n) is 6.45. The topological polar surface area (TPSA) is 45.8 Å². The Labute approximate surface area is 199 Å². The Morgan fingerprint density at radius 3 is 2.28 bits per heavy atom. The van der Waals surface area contributed by atoms with Gasteiger partial charge < -0.3 is 0 Å². The molecule has 32 heavy (non-hydrogen) atoms. The number of hydrogen-bond acceptors (Lipinski definition) is 2. The number of nitriles is 1. The molecule has 3 aromatic rings. The van der Waals surface area contributed by atoms with Crippen LogP contribution in [0.3, 0.4) is 0 Å². The number of hydrogen-bond donors (Lipinski definition) is 0. The van der Waals surface area contributed by atoms with E-state index in [0.29, 0.717) is 38.0 Å². The summed E-state index contributed by atoms with van der Waals surface area (Å²) in [6, 6.07) is 16.2. The highest BCUT2D eigenvalue weighted by Crippen LogP contribution is 2.30. The Balaban J connectivity index is 0.00000176. The molecule has 0 radical (unpaired) electrons. The molecule has 0 saturated carbocycles. The van der Waals surface area contributed by atoms with Crippen molar-refractivity contribution in [3.05, 3.63) is 112 Å². The predicted octanol–water partition coefficient (Wildman–Crippen LogP) is 7.99. The number of aromatic nitrogens is 1. The third-order valence-electron chi connectivity index (χ3n) is 4.50. The van der Waals surface area contributed by atoms with E-state index in [0.717, 1.165) is 5.56 Å². The number of pyridine rings is 1. The van der Waals surface area contributed by atoms with E-state index in [1.165, 1.54) is 4.57 Å². The van der Waals surface area contributed by atoms with Crippen molar-refractivity contribution in [3.8, 4) is 28.3 Å². The molecule has 0 bridgehead atoms. The van der Waals surface area contributed by atoms with E-state index in [-0.39, 0.29) is 5.56 Å². The highest BCUT2D eigenvalue weighted by atomic mass is 35.5. The van der Waals surface area contributed by atoms with Gasteiger partial charge in [0.15, 0.2) is 0 Å². The molecule has 0 N–H and O–H groups in total. The smallest absolute Gasteiger partial charge is 0.262 e. The second-order valence-corrected chi connectivity index (χ2v) is 7.33. The van der Waals surface area contributed by atoms with Gasteiger partial charge in [-0.3, -0.25) is 9.36 Å². The molecule has 0 spiro atoms. The fourth-order valence-electron chi connectivity index (χ4n) is 3.11. The molecule has 0 unspecified atom stereocenters. The summed E-state index contributed by atoms with van der Waals surface area (Å²) in [5, 5.41) is 10.4. The van der Waals surface area contributed by atoms with Crippen LogP contribution in [0.4, 0.5) is 0 Å². The van der Waals surface area contributed by atoms with E-state index in [9.17, 15) is 10.1 Å². The van der Waals surface area contributed by atoms with Crippen LogP contribution in [0.2, 0.25) is 10.0 Å². The molecule has 0 saturated heterocycles. The van der Waals surface area contributed by atoms with Gasteiger partial charge in [-0.15, -0.1) is 0 Å². The molecule has 0 amide bonds. The van der Waals surface area contributed by atoms with E-state index < -0.39 is 0 Å². The summed E-state index contributed by atoms with van der Waals surface area (Å²) in [6.45, 7) is 9.73. The Hall–Kier alpha value is -3.32. The minimum absolute atomic E-state index is 0.248. The average Bonchev–Trinajstić information content (AvgIpc) is 2.81. The van der Waals surface area contributed by atoms with Gasteiger partial charge in [-0.25, -0.2) is 0 Å². The van der Waals surface area contributed by atoms with E-state index in [1.807, 2.05) is 45.1 Å². The fraction of sp³-hybridized carbons (Fsp3) is 0.111. The first-order chi connectivity index (χ1) is 15.5. The summed E-state index contributed by atoms with van der Waals surface area (Å²) in [6.07, 6.45) is 8.81. The van der Waals surface area contributed by atoms with Crippen LogP contribution in [-0.2, 0) is 0 Å². The molecule has 0 aliphatic heterocycles. The lowest BCUT2D eigenvalue weighted by Gasteiger charge is -2.14. The third-order valence-corrected chi connectivity index (χ3v) is 4.93. The molecule has 1 aromatic heterocycles. The minimum Gasteiger partial charge on any atom is -0.283 e. The number of halogens is 2. The van der Waals surface area contributed by atoms with Crippen molar-refractivity contribution in [3.63, 3.8) is 0 Å². The van der Waals surface area contributed by atoms with Gasteiger partial charge >= 0.3 is 0 Å². The predicted molar refractivity (Wildman–Crippen MR) is 137 cm³/mol. The van der Waals surface area contributed by atoms with E-state index in [1.54, 1.807) is 54.7 Å². The highest BCUT2D eigenvalue weighted by molar-refractivity contribution is 6.35. The van der Waals surface area contributed by atoms with E-state index in [4.69, 9.17) is 23.2 Å². The van der Waals surface area contributed by atoms with Crippen LogP contribution in [0.15, 0.2) is 90.4 Å². The van der Waals surface area contributed by atoms with Crippen molar-refractivity contribution >= 4 is 28.9 Å². The lowest BCUT2D eigenvalue weighted by molar-refractivity contribution is 1.03. The molecular formula is C27H24Cl2N2O.